The van der Waals surface area contributed by atoms with Crippen LogP contribution >= 0.6 is 0 Å². The van der Waals surface area contributed by atoms with Gasteiger partial charge in [-0.05, 0) is 30.7 Å². The molecule has 0 amide bonds. The number of nitrogens with zero attached hydrogens (tertiary/aromatic N) is 4. The lowest BCUT2D eigenvalue weighted by atomic mass is 10.1. The van der Waals surface area contributed by atoms with Gasteiger partial charge in [-0.3, -0.25) is 9.67 Å². The number of hydrogen-bond donors (Lipinski definition) is 1. The minimum atomic E-state index is -1.35. The number of imidazole rings is 1. The fourth-order valence-corrected chi connectivity index (χ4v) is 3.08. The van der Waals surface area contributed by atoms with E-state index in [-0.39, 0.29) is 17.6 Å². The summed E-state index contributed by atoms with van der Waals surface area (Å²) in [6.45, 7) is 1.60. The lowest BCUT2D eigenvalue weighted by molar-refractivity contribution is 0.0302. The zero-order valence-corrected chi connectivity index (χ0v) is 15.5. The summed E-state index contributed by atoms with van der Waals surface area (Å²) < 4.78 is 44.4. The highest BCUT2D eigenvalue weighted by molar-refractivity contribution is 5.74. The van der Waals surface area contributed by atoms with E-state index < -0.39 is 34.8 Å². The maximum atomic E-state index is 14.2. The van der Waals surface area contributed by atoms with Crippen LogP contribution in [0.15, 0.2) is 41.5 Å². The summed E-state index contributed by atoms with van der Waals surface area (Å²) in [4.78, 5) is 24.9. The van der Waals surface area contributed by atoms with Crippen LogP contribution in [0.5, 0.6) is 0 Å². The monoisotopic (exact) mass is 403 g/mol. The van der Waals surface area contributed by atoms with Gasteiger partial charge in [0.15, 0.2) is 23.4 Å². The number of benzene rings is 1. The number of aromatic amines is 1. The minimum absolute atomic E-state index is 0.0948. The normalized spacial score (nSPS) is 12.4. The van der Waals surface area contributed by atoms with Crippen molar-refractivity contribution in [3.63, 3.8) is 0 Å². The van der Waals surface area contributed by atoms with Crippen molar-refractivity contribution < 1.29 is 18.0 Å². The van der Waals surface area contributed by atoms with Gasteiger partial charge < -0.3 is 4.84 Å². The number of nitrogens with one attached hydrogen (secondary N) is 1. The smallest absolute Gasteiger partial charge is 0.360 e. The number of pyridine rings is 1. The van der Waals surface area contributed by atoms with E-state index in [2.05, 4.69) is 15.1 Å². The fraction of sp³-hybridized carbons (Fsp3) is 0.211. The third kappa shape index (κ3) is 3.26. The van der Waals surface area contributed by atoms with Crippen LogP contribution in [-0.4, -0.2) is 24.5 Å². The maximum Gasteiger partial charge on any atom is 0.360 e. The fourth-order valence-electron chi connectivity index (χ4n) is 3.08. The van der Waals surface area contributed by atoms with E-state index in [0.717, 1.165) is 16.4 Å². The Kier molecular flexibility index (Phi) is 4.61. The van der Waals surface area contributed by atoms with Gasteiger partial charge in [-0.2, -0.15) is 5.10 Å². The molecule has 0 saturated heterocycles. The molecule has 150 valence electrons. The molecule has 0 bridgehead atoms. The third-order valence-corrected chi connectivity index (χ3v) is 4.51. The second-order valence-corrected chi connectivity index (χ2v) is 6.45. The Morgan fingerprint density at radius 1 is 1.17 bits per heavy atom. The summed E-state index contributed by atoms with van der Waals surface area (Å²) >= 11 is 0. The van der Waals surface area contributed by atoms with Gasteiger partial charge in [0.25, 0.3) is 0 Å². The molecule has 4 aromatic rings. The number of aryl methyl sites for hydroxylation is 1. The van der Waals surface area contributed by atoms with E-state index in [1.165, 1.54) is 0 Å². The molecule has 1 atom stereocenters. The van der Waals surface area contributed by atoms with Crippen LogP contribution in [0.2, 0.25) is 0 Å². The van der Waals surface area contributed by atoms with Crippen LogP contribution in [0, 0.1) is 17.5 Å². The van der Waals surface area contributed by atoms with Crippen LogP contribution in [0.25, 0.3) is 22.4 Å². The van der Waals surface area contributed by atoms with Gasteiger partial charge in [0.05, 0.1) is 17.5 Å². The Morgan fingerprint density at radius 2 is 1.93 bits per heavy atom. The molecule has 0 radical (unpaired) electrons. The molecule has 7 nitrogen and oxygen atoms in total. The molecule has 4 rings (SSSR count). The first kappa shape index (κ1) is 18.8. The van der Waals surface area contributed by atoms with Crippen molar-refractivity contribution in [3.8, 4) is 11.3 Å². The predicted molar refractivity (Wildman–Crippen MR) is 98.5 cm³/mol. The van der Waals surface area contributed by atoms with Gasteiger partial charge in [0.2, 0.25) is 0 Å². The Labute approximate surface area is 162 Å². The zero-order valence-electron chi connectivity index (χ0n) is 15.5. The number of aromatic nitrogens is 5. The Balaban J connectivity index is 1.75. The molecule has 0 aliphatic carbocycles. The molecule has 0 spiro atoms. The lowest BCUT2D eigenvalue weighted by Gasteiger charge is -2.19. The summed E-state index contributed by atoms with van der Waals surface area (Å²) in [7, 11) is 1.77. The second kappa shape index (κ2) is 7.12. The average Bonchev–Trinajstić information content (AvgIpc) is 3.26. The number of fused-ring (bicyclic) bond motifs is 1. The number of H-pyrrole nitrogens is 1. The molecular weight excluding hydrogens is 387 g/mol. The Hall–Kier alpha value is -3.56. The first-order chi connectivity index (χ1) is 13.9. The molecule has 3 aromatic heterocycles. The van der Waals surface area contributed by atoms with Crippen LogP contribution < -0.4 is 10.5 Å². The SMILES string of the molecule is CCC(On1c(=O)[nH]c2nc(-c3cnn(C)c3)ccc21)c1c(F)ccc(F)c1F. The molecular formula is C19H16F3N5O2. The van der Waals surface area contributed by atoms with Crippen molar-refractivity contribution in [1.82, 2.24) is 24.5 Å². The van der Waals surface area contributed by atoms with Crippen LogP contribution in [0.4, 0.5) is 13.2 Å². The van der Waals surface area contributed by atoms with E-state index >= 15 is 0 Å². The minimum Gasteiger partial charge on any atom is -0.401 e. The van der Waals surface area contributed by atoms with Gasteiger partial charge in [-0.25, -0.2) is 22.9 Å². The molecule has 1 aromatic carbocycles. The van der Waals surface area contributed by atoms with Gasteiger partial charge in [0.1, 0.15) is 11.3 Å². The average molecular weight is 403 g/mol. The predicted octanol–water partition coefficient (Wildman–Crippen LogP) is 3.12. The highest BCUT2D eigenvalue weighted by Crippen LogP contribution is 2.27. The second-order valence-electron chi connectivity index (χ2n) is 6.45. The van der Waals surface area contributed by atoms with Crippen molar-refractivity contribution >= 4 is 11.2 Å². The zero-order chi connectivity index (χ0) is 20.7. The van der Waals surface area contributed by atoms with E-state index in [1.54, 1.807) is 43.2 Å². The Bertz CT molecular complexity index is 1260. The molecule has 0 aliphatic rings. The van der Waals surface area contributed by atoms with E-state index in [1.807, 2.05) is 0 Å². The Morgan fingerprint density at radius 3 is 2.62 bits per heavy atom. The molecule has 1 N–H and O–H groups in total. The summed E-state index contributed by atoms with van der Waals surface area (Å²) in [5.41, 5.74) is 0.581. The molecule has 0 saturated carbocycles. The van der Waals surface area contributed by atoms with Gasteiger partial charge in [-0.1, -0.05) is 6.92 Å². The summed E-state index contributed by atoms with van der Waals surface area (Å²) in [5.74, 6) is -3.50. The maximum absolute atomic E-state index is 14.2. The highest BCUT2D eigenvalue weighted by atomic mass is 19.2. The van der Waals surface area contributed by atoms with Crippen LogP contribution in [0.3, 0.4) is 0 Å². The molecule has 1 unspecified atom stereocenters. The number of halogens is 3. The van der Waals surface area contributed by atoms with Gasteiger partial charge in [0, 0.05) is 18.8 Å². The van der Waals surface area contributed by atoms with Crippen molar-refractivity contribution in [3.05, 3.63) is 70.2 Å². The molecule has 10 heteroatoms. The van der Waals surface area contributed by atoms with Crippen molar-refractivity contribution in [2.24, 2.45) is 7.05 Å². The molecule has 0 aliphatic heterocycles. The molecule has 0 fully saturated rings. The van der Waals surface area contributed by atoms with Gasteiger partial charge >= 0.3 is 5.69 Å². The largest absolute Gasteiger partial charge is 0.401 e. The lowest BCUT2D eigenvalue weighted by Crippen LogP contribution is -2.28. The van der Waals surface area contributed by atoms with Crippen molar-refractivity contribution in [1.29, 1.82) is 0 Å². The first-order valence-electron chi connectivity index (χ1n) is 8.80. The first-order valence-corrected chi connectivity index (χ1v) is 8.80. The standard InChI is InChI=1S/C19H16F3N5O2/c1-3-15(16-11(20)4-5-12(21)17(16)22)29-27-14-7-6-13(10-8-23-26(2)9-10)24-18(14)25-19(27)28/h4-9,15H,3H2,1-2H3,(H,24,25,28). The van der Waals surface area contributed by atoms with E-state index in [9.17, 15) is 18.0 Å². The van der Waals surface area contributed by atoms with Crippen LogP contribution in [-0.2, 0) is 7.05 Å². The highest BCUT2D eigenvalue weighted by Gasteiger charge is 2.25. The van der Waals surface area contributed by atoms with E-state index in [4.69, 9.17) is 4.84 Å². The summed E-state index contributed by atoms with van der Waals surface area (Å²) in [6.07, 6.45) is 2.27. The topological polar surface area (TPSA) is 77.7 Å². The summed E-state index contributed by atoms with van der Waals surface area (Å²) in [5, 5.41) is 4.08. The summed E-state index contributed by atoms with van der Waals surface area (Å²) in [6, 6.07) is 4.77. The molecule has 29 heavy (non-hydrogen) atoms. The van der Waals surface area contributed by atoms with Crippen molar-refractivity contribution in [2.45, 2.75) is 19.4 Å². The number of rotatable bonds is 5. The quantitative estimate of drug-likeness (QED) is 0.520. The van der Waals surface area contributed by atoms with Gasteiger partial charge in [-0.15, -0.1) is 4.73 Å². The number of hydrogen-bond acceptors (Lipinski definition) is 4. The third-order valence-electron chi connectivity index (χ3n) is 4.51. The van der Waals surface area contributed by atoms with Crippen LogP contribution in [0.1, 0.15) is 25.0 Å². The van der Waals surface area contributed by atoms with Crippen molar-refractivity contribution in [2.75, 3.05) is 0 Å². The molecule has 3 heterocycles. The van der Waals surface area contributed by atoms with E-state index in [0.29, 0.717) is 11.8 Å².